The number of nitrogens with one attached hydrogen (secondary N) is 1. The molecular weight excluding hydrogens is 321 g/mol. The van der Waals surface area contributed by atoms with Gasteiger partial charge in [0.25, 0.3) is 0 Å². The van der Waals surface area contributed by atoms with E-state index in [1.54, 1.807) is 12.1 Å². The molecule has 2 N–H and O–H groups in total. The number of fused-ring (bicyclic) bond motifs is 1. The van der Waals surface area contributed by atoms with Gasteiger partial charge >= 0.3 is 7.12 Å². The van der Waals surface area contributed by atoms with Crippen LogP contribution in [-0.4, -0.2) is 36.9 Å². The van der Waals surface area contributed by atoms with E-state index in [1.165, 1.54) is 0 Å². The van der Waals surface area contributed by atoms with Crippen LogP contribution in [0, 0.1) is 11.3 Å². The molecule has 8 heteroatoms. The average molecular weight is 339 g/mol. The van der Waals surface area contributed by atoms with E-state index in [2.05, 4.69) is 16.4 Å². The van der Waals surface area contributed by atoms with Crippen molar-refractivity contribution < 1.29 is 19.2 Å². The average Bonchev–Trinajstić information content (AvgIpc) is 2.99. The number of ether oxygens (including phenoxy) is 2. The highest BCUT2D eigenvalue weighted by molar-refractivity contribution is 6.61. The molecule has 1 aliphatic rings. The predicted octanol–water partition coefficient (Wildman–Crippen LogP) is 1.33. The fourth-order valence-corrected chi connectivity index (χ4v) is 2.50. The summed E-state index contributed by atoms with van der Waals surface area (Å²) in [5.41, 5.74) is 2.89. The molecule has 1 aliphatic heterocycles. The smallest absolute Gasteiger partial charge is 0.474 e. The largest absolute Gasteiger partial charge is 0.491 e. The Balaban J connectivity index is 1.73. The Kier molecular flexibility index (Phi) is 5.51. The maximum Gasteiger partial charge on any atom is 0.491 e. The van der Waals surface area contributed by atoms with Gasteiger partial charge in [-0.05, 0) is 42.2 Å². The SMILES string of the molecule is CCOCCOc1nc(Nc2ccc3c(c2)COB3O)ccc1C#N. The fraction of sp³-hybridized carbons (Fsp3) is 0.294. The molecule has 7 nitrogen and oxygen atoms in total. The van der Waals surface area contributed by atoms with Crippen molar-refractivity contribution >= 4 is 24.1 Å². The minimum Gasteiger partial charge on any atom is -0.474 e. The highest BCUT2D eigenvalue weighted by Crippen LogP contribution is 2.22. The van der Waals surface area contributed by atoms with Crippen molar-refractivity contribution in [3.8, 4) is 11.9 Å². The minimum atomic E-state index is -0.859. The van der Waals surface area contributed by atoms with Crippen molar-refractivity contribution in [2.24, 2.45) is 0 Å². The molecule has 0 atom stereocenters. The lowest BCUT2D eigenvalue weighted by atomic mass is 9.79. The van der Waals surface area contributed by atoms with Gasteiger partial charge in [-0.2, -0.15) is 10.2 Å². The molecule has 3 rings (SSSR count). The molecule has 2 aromatic rings. The van der Waals surface area contributed by atoms with Crippen molar-refractivity contribution in [1.82, 2.24) is 4.98 Å². The molecule has 0 aliphatic carbocycles. The zero-order chi connectivity index (χ0) is 17.6. The Bertz CT molecular complexity index is 794. The number of nitriles is 1. The van der Waals surface area contributed by atoms with E-state index in [-0.39, 0.29) is 5.88 Å². The molecular formula is C17H18BN3O4. The molecule has 0 saturated heterocycles. The number of nitrogens with zero attached hydrogens (tertiary/aromatic N) is 2. The summed E-state index contributed by atoms with van der Waals surface area (Å²) in [6.45, 7) is 3.66. The number of rotatable bonds is 7. The first-order valence-corrected chi connectivity index (χ1v) is 8.02. The summed E-state index contributed by atoms with van der Waals surface area (Å²) in [6.07, 6.45) is 0. The van der Waals surface area contributed by atoms with Crippen LogP contribution in [0.15, 0.2) is 30.3 Å². The molecule has 0 saturated carbocycles. The van der Waals surface area contributed by atoms with Crippen LogP contribution >= 0.6 is 0 Å². The molecule has 1 aromatic heterocycles. The van der Waals surface area contributed by atoms with E-state index in [0.717, 1.165) is 16.7 Å². The maximum absolute atomic E-state index is 9.66. The lowest BCUT2D eigenvalue weighted by Crippen LogP contribution is -2.27. The summed E-state index contributed by atoms with van der Waals surface area (Å²) >= 11 is 0. The first-order valence-electron chi connectivity index (χ1n) is 8.02. The Labute approximate surface area is 146 Å². The standard InChI is InChI=1S/C17H18BN3O4/c1-2-23-7-8-24-17-12(10-19)3-6-16(21-17)20-14-4-5-15-13(9-14)11-25-18(15)22/h3-6,9,22H,2,7-8,11H2,1H3,(H,20,21). The van der Waals surface area contributed by atoms with Crippen LogP contribution in [0.5, 0.6) is 5.88 Å². The van der Waals surface area contributed by atoms with Crippen LogP contribution < -0.4 is 15.5 Å². The highest BCUT2D eigenvalue weighted by Gasteiger charge is 2.27. The van der Waals surface area contributed by atoms with Gasteiger partial charge in [0.15, 0.2) is 0 Å². The highest BCUT2D eigenvalue weighted by atomic mass is 16.5. The molecule has 0 bridgehead atoms. The number of hydrogen-bond donors (Lipinski definition) is 2. The summed E-state index contributed by atoms with van der Waals surface area (Å²) in [6, 6.07) is 11.0. The van der Waals surface area contributed by atoms with Gasteiger partial charge in [0.1, 0.15) is 24.1 Å². The fourth-order valence-electron chi connectivity index (χ4n) is 2.50. The Morgan fingerprint density at radius 1 is 1.36 bits per heavy atom. The molecule has 0 fully saturated rings. The van der Waals surface area contributed by atoms with Gasteiger partial charge in [-0.3, -0.25) is 0 Å². The van der Waals surface area contributed by atoms with E-state index in [9.17, 15) is 10.3 Å². The van der Waals surface area contributed by atoms with Crippen molar-refractivity contribution in [3.05, 3.63) is 41.5 Å². The van der Waals surface area contributed by atoms with Crippen LogP contribution in [-0.2, 0) is 16.0 Å². The Morgan fingerprint density at radius 2 is 2.24 bits per heavy atom. The van der Waals surface area contributed by atoms with E-state index in [4.69, 9.17) is 14.1 Å². The monoisotopic (exact) mass is 339 g/mol. The second-order valence-corrected chi connectivity index (χ2v) is 5.41. The van der Waals surface area contributed by atoms with Crippen molar-refractivity contribution in [1.29, 1.82) is 5.26 Å². The molecule has 128 valence electrons. The summed E-state index contributed by atoms with van der Waals surface area (Å²) in [5.74, 6) is 0.831. The van der Waals surface area contributed by atoms with Gasteiger partial charge < -0.3 is 24.5 Å². The van der Waals surface area contributed by atoms with Gasteiger partial charge in [-0.25, -0.2) is 0 Å². The number of anilines is 2. The summed E-state index contributed by atoms with van der Waals surface area (Å²) in [7, 11) is -0.859. The van der Waals surface area contributed by atoms with Crippen LogP contribution in [0.2, 0.25) is 0 Å². The summed E-state index contributed by atoms with van der Waals surface area (Å²) in [4.78, 5) is 4.35. The van der Waals surface area contributed by atoms with Crippen LogP contribution in [0.4, 0.5) is 11.5 Å². The number of pyridine rings is 1. The molecule has 0 radical (unpaired) electrons. The predicted molar refractivity (Wildman–Crippen MR) is 93.1 cm³/mol. The quantitative estimate of drug-likeness (QED) is 0.580. The minimum absolute atomic E-state index is 0.270. The Morgan fingerprint density at radius 3 is 3.04 bits per heavy atom. The topological polar surface area (TPSA) is 96.6 Å². The van der Waals surface area contributed by atoms with E-state index >= 15 is 0 Å². The number of hydrogen-bond acceptors (Lipinski definition) is 7. The van der Waals surface area contributed by atoms with E-state index < -0.39 is 7.12 Å². The number of aromatic nitrogens is 1. The van der Waals surface area contributed by atoms with Gasteiger partial charge in [-0.1, -0.05) is 6.07 Å². The lowest BCUT2D eigenvalue weighted by molar-refractivity contribution is 0.108. The summed E-state index contributed by atoms with van der Waals surface area (Å²) < 4.78 is 16.0. The molecule has 0 unspecified atom stereocenters. The first kappa shape index (κ1) is 17.2. The van der Waals surface area contributed by atoms with Gasteiger partial charge in [0.2, 0.25) is 5.88 Å². The second-order valence-electron chi connectivity index (χ2n) is 5.41. The lowest BCUT2D eigenvalue weighted by Gasteiger charge is -2.11. The maximum atomic E-state index is 9.66. The van der Waals surface area contributed by atoms with Crippen LogP contribution in [0.1, 0.15) is 18.1 Å². The van der Waals surface area contributed by atoms with Gasteiger partial charge in [-0.15, -0.1) is 0 Å². The summed E-state index contributed by atoms with van der Waals surface area (Å²) in [5, 5.41) is 22.0. The van der Waals surface area contributed by atoms with Crippen LogP contribution in [0.3, 0.4) is 0 Å². The third-order valence-corrected chi connectivity index (χ3v) is 3.73. The van der Waals surface area contributed by atoms with Crippen molar-refractivity contribution in [3.63, 3.8) is 0 Å². The molecule has 2 heterocycles. The Hall–Kier alpha value is -2.60. The van der Waals surface area contributed by atoms with Crippen molar-refractivity contribution in [2.75, 3.05) is 25.1 Å². The molecule has 1 aromatic carbocycles. The van der Waals surface area contributed by atoms with E-state index in [1.807, 2.05) is 25.1 Å². The number of benzene rings is 1. The molecule has 25 heavy (non-hydrogen) atoms. The molecule has 0 spiro atoms. The normalized spacial score (nSPS) is 12.6. The first-order chi connectivity index (χ1) is 12.2. The second kappa shape index (κ2) is 7.99. The zero-order valence-electron chi connectivity index (χ0n) is 13.9. The van der Waals surface area contributed by atoms with Crippen LogP contribution in [0.25, 0.3) is 0 Å². The van der Waals surface area contributed by atoms with Gasteiger partial charge in [0, 0.05) is 12.3 Å². The zero-order valence-corrected chi connectivity index (χ0v) is 13.9. The van der Waals surface area contributed by atoms with E-state index in [0.29, 0.717) is 37.8 Å². The molecule has 0 amide bonds. The third kappa shape index (κ3) is 4.09. The van der Waals surface area contributed by atoms with Crippen molar-refractivity contribution in [2.45, 2.75) is 13.5 Å². The third-order valence-electron chi connectivity index (χ3n) is 3.73. The van der Waals surface area contributed by atoms with Gasteiger partial charge in [0.05, 0.1) is 13.2 Å².